The molecule has 0 aliphatic heterocycles. The molecule has 0 radical (unpaired) electrons. The molecule has 0 aliphatic rings. The smallest absolute Gasteiger partial charge is 0.271 e. The predicted molar refractivity (Wildman–Crippen MR) is 113 cm³/mol. The molecule has 7 nitrogen and oxygen atoms in total. The number of nitrogens with one attached hydrogen (secondary N) is 2. The molecule has 0 spiro atoms. The van der Waals surface area contributed by atoms with Crippen LogP contribution in [0.2, 0.25) is 5.02 Å². The van der Waals surface area contributed by atoms with Gasteiger partial charge in [-0.1, -0.05) is 11.6 Å². The highest BCUT2D eigenvalue weighted by Gasteiger charge is 2.16. The van der Waals surface area contributed by atoms with Crippen LogP contribution in [0.25, 0.3) is 0 Å². The number of aromatic amines is 1. The Morgan fingerprint density at radius 2 is 2.10 bits per heavy atom. The van der Waals surface area contributed by atoms with Gasteiger partial charge in [0.05, 0.1) is 17.7 Å². The standard InChI is InChI=1S/C19H18ClFN4O3S/c1-10(9-26)23-17(22)16-18(27)25-29-19(16)24-12-3-5-13(6-4-12)28-15-7-2-11(21)8-14(15)20/h2-8,10,24,26H,9H2,1H3,(H2,22,23)(H,25,27). The number of aromatic nitrogens is 1. The van der Waals surface area contributed by atoms with Crippen LogP contribution >= 0.6 is 23.1 Å². The van der Waals surface area contributed by atoms with E-state index in [-0.39, 0.29) is 28.6 Å². The van der Waals surface area contributed by atoms with Gasteiger partial charge in [0, 0.05) is 5.69 Å². The molecular weight excluding hydrogens is 419 g/mol. The van der Waals surface area contributed by atoms with Gasteiger partial charge in [0.1, 0.15) is 33.7 Å². The number of halogens is 2. The molecule has 5 N–H and O–H groups in total. The van der Waals surface area contributed by atoms with Crippen LogP contribution in [0, 0.1) is 5.82 Å². The summed E-state index contributed by atoms with van der Waals surface area (Å²) in [5, 5.41) is 12.9. The molecular formula is C19H18ClFN4O3S. The fourth-order valence-electron chi connectivity index (χ4n) is 2.39. The molecule has 0 saturated heterocycles. The first-order valence-electron chi connectivity index (χ1n) is 8.53. The number of hydrogen-bond acceptors (Lipinski definition) is 6. The third kappa shape index (κ3) is 5.14. The number of rotatable bonds is 7. The zero-order chi connectivity index (χ0) is 21.0. The van der Waals surface area contributed by atoms with Crippen LogP contribution in [-0.4, -0.2) is 28.0 Å². The lowest BCUT2D eigenvalue weighted by Crippen LogP contribution is -2.24. The van der Waals surface area contributed by atoms with E-state index in [1.54, 1.807) is 31.2 Å². The van der Waals surface area contributed by atoms with Gasteiger partial charge >= 0.3 is 0 Å². The second-order valence-corrected chi connectivity index (χ2v) is 7.33. The molecule has 0 saturated carbocycles. The summed E-state index contributed by atoms with van der Waals surface area (Å²) in [7, 11) is 0. The zero-order valence-corrected chi connectivity index (χ0v) is 16.9. The Balaban J connectivity index is 1.77. The first-order chi connectivity index (χ1) is 13.9. The largest absolute Gasteiger partial charge is 0.456 e. The lowest BCUT2D eigenvalue weighted by molar-refractivity contribution is 0.274. The van der Waals surface area contributed by atoms with Crippen LogP contribution in [0.5, 0.6) is 11.5 Å². The van der Waals surface area contributed by atoms with Crippen molar-refractivity contribution in [2.75, 3.05) is 11.9 Å². The normalized spacial score (nSPS) is 12.6. The first kappa shape index (κ1) is 20.8. The van der Waals surface area contributed by atoms with Crippen LogP contribution in [0.4, 0.5) is 15.1 Å². The van der Waals surface area contributed by atoms with Crippen molar-refractivity contribution in [3.63, 3.8) is 0 Å². The van der Waals surface area contributed by atoms with Crippen LogP contribution in [-0.2, 0) is 0 Å². The summed E-state index contributed by atoms with van der Waals surface area (Å²) in [5.74, 6) is 0.438. The lowest BCUT2D eigenvalue weighted by Gasteiger charge is -2.10. The minimum absolute atomic E-state index is 0.0439. The monoisotopic (exact) mass is 436 g/mol. The number of amidine groups is 1. The maximum absolute atomic E-state index is 13.1. The van der Waals surface area contributed by atoms with Crippen LogP contribution in [0.1, 0.15) is 12.5 Å². The van der Waals surface area contributed by atoms with Crippen LogP contribution in [0.3, 0.4) is 0 Å². The van der Waals surface area contributed by atoms with Crippen molar-refractivity contribution < 1.29 is 14.2 Å². The number of aliphatic hydroxyl groups is 1. The van der Waals surface area contributed by atoms with Crippen molar-refractivity contribution in [3.8, 4) is 11.5 Å². The number of nitrogens with two attached hydrogens (primary N) is 1. The SMILES string of the molecule is CC(CO)N=C(N)c1c(Nc2ccc(Oc3ccc(F)cc3Cl)cc2)s[nH]c1=O. The average molecular weight is 437 g/mol. The Bertz CT molecular complexity index is 1080. The second kappa shape index (κ2) is 9.08. The number of aliphatic hydroxyl groups excluding tert-OH is 1. The number of anilines is 2. The van der Waals surface area contributed by atoms with Gasteiger partial charge < -0.3 is 20.9 Å². The van der Waals surface area contributed by atoms with Gasteiger partial charge in [-0.15, -0.1) is 0 Å². The van der Waals surface area contributed by atoms with Crippen molar-refractivity contribution in [2.45, 2.75) is 13.0 Å². The average Bonchev–Trinajstić information content (AvgIpc) is 3.05. The summed E-state index contributed by atoms with van der Waals surface area (Å²) < 4.78 is 21.4. The fourth-order valence-corrected chi connectivity index (χ4v) is 3.36. The van der Waals surface area contributed by atoms with E-state index in [1.165, 1.54) is 18.2 Å². The van der Waals surface area contributed by atoms with E-state index in [0.29, 0.717) is 22.2 Å². The minimum atomic E-state index is -0.445. The molecule has 0 fully saturated rings. The summed E-state index contributed by atoms with van der Waals surface area (Å²) in [4.78, 5) is 16.2. The van der Waals surface area contributed by atoms with Crippen LogP contribution < -0.4 is 21.3 Å². The van der Waals surface area contributed by atoms with Gasteiger partial charge in [0.2, 0.25) is 0 Å². The summed E-state index contributed by atoms with van der Waals surface area (Å²) in [6.45, 7) is 1.51. The van der Waals surface area contributed by atoms with Gasteiger partial charge in [-0.3, -0.25) is 14.2 Å². The van der Waals surface area contributed by atoms with E-state index >= 15 is 0 Å². The van der Waals surface area contributed by atoms with Gasteiger partial charge in [0.15, 0.2) is 0 Å². The number of ether oxygens (including phenoxy) is 1. The maximum atomic E-state index is 13.1. The number of hydrogen-bond donors (Lipinski definition) is 4. The van der Waals surface area contributed by atoms with E-state index in [0.717, 1.165) is 11.5 Å². The highest BCUT2D eigenvalue weighted by Crippen LogP contribution is 2.31. The Labute approximate surface area is 174 Å². The van der Waals surface area contributed by atoms with Crippen LogP contribution in [0.15, 0.2) is 52.3 Å². The Morgan fingerprint density at radius 3 is 2.76 bits per heavy atom. The number of aliphatic imine (C=N–C) groups is 1. The first-order valence-corrected chi connectivity index (χ1v) is 9.72. The van der Waals surface area contributed by atoms with Crippen molar-refractivity contribution in [1.82, 2.24) is 4.37 Å². The molecule has 10 heteroatoms. The van der Waals surface area contributed by atoms with Crippen molar-refractivity contribution in [3.05, 3.63) is 69.2 Å². The van der Waals surface area contributed by atoms with Crippen molar-refractivity contribution >= 4 is 39.7 Å². The van der Waals surface area contributed by atoms with Gasteiger partial charge in [-0.2, -0.15) is 0 Å². The minimum Gasteiger partial charge on any atom is -0.456 e. The lowest BCUT2D eigenvalue weighted by atomic mass is 10.2. The topological polar surface area (TPSA) is 113 Å². The van der Waals surface area contributed by atoms with E-state index in [4.69, 9.17) is 27.2 Å². The van der Waals surface area contributed by atoms with E-state index in [9.17, 15) is 9.18 Å². The molecule has 29 heavy (non-hydrogen) atoms. The molecule has 1 aromatic heterocycles. The maximum Gasteiger partial charge on any atom is 0.271 e. The summed E-state index contributed by atoms with van der Waals surface area (Å²) in [5.41, 5.74) is 6.47. The zero-order valence-electron chi connectivity index (χ0n) is 15.3. The molecule has 3 rings (SSSR count). The Kier molecular flexibility index (Phi) is 6.53. The molecule has 152 valence electrons. The molecule has 0 bridgehead atoms. The van der Waals surface area contributed by atoms with Gasteiger partial charge in [-0.25, -0.2) is 4.39 Å². The third-order valence-electron chi connectivity index (χ3n) is 3.81. The van der Waals surface area contributed by atoms with Crippen molar-refractivity contribution in [2.24, 2.45) is 10.7 Å². The molecule has 1 heterocycles. The third-order valence-corrected chi connectivity index (χ3v) is 4.91. The fraction of sp³-hybridized carbons (Fsp3) is 0.158. The molecule has 2 aromatic carbocycles. The molecule has 3 aromatic rings. The second-order valence-electron chi connectivity index (χ2n) is 6.11. The summed E-state index contributed by atoms with van der Waals surface area (Å²) in [6, 6.07) is 10.3. The predicted octanol–water partition coefficient (Wildman–Crippen LogP) is 3.85. The molecule has 1 unspecified atom stereocenters. The number of nitrogens with zero attached hydrogens (tertiary/aromatic N) is 1. The van der Waals surface area contributed by atoms with Gasteiger partial charge in [0.25, 0.3) is 5.56 Å². The highest BCUT2D eigenvalue weighted by atomic mass is 35.5. The number of H-pyrrole nitrogens is 1. The highest BCUT2D eigenvalue weighted by molar-refractivity contribution is 7.10. The quantitative estimate of drug-likeness (QED) is 0.332. The molecule has 1 atom stereocenters. The van der Waals surface area contributed by atoms with Crippen molar-refractivity contribution in [1.29, 1.82) is 0 Å². The van der Waals surface area contributed by atoms with E-state index in [2.05, 4.69) is 14.7 Å². The summed E-state index contributed by atoms with van der Waals surface area (Å²) in [6.07, 6.45) is 0. The van der Waals surface area contributed by atoms with Gasteiger partial charge in [-0.05, 0) is 60.9 Å². The molecule has 0 amide bonds. The van der Waals surface area contributed by atoms with E-state index < -0.39 is 11.9 Å². The van der Waals surface area contributed by atoms with E-state index in [1.807, 2.05) is 0 Å². The Morgan fingerprint density at radius 1 is 1.38 bits per heavy atom. The molecule has 0 aliphatic carbocycles. The number of benzene rings is 2. The summed E-state index contributed by atoms with van der Waals surface area (Å²) >= 11 is 7.05. The Hall–Kier alpha value is -2.88.